The number of nitrogens with zero attached hydrogens (tertiary/aromatic N) is 1. The molecule has 0 fully saturated rings. The lowest BCUT2D eigenvalue weighted by atomic mass is 10.1. The fourth-order valence-electron chi connectivity index (χ4n) is 1.49. The number of carbonyl (C=O) groups is 1. The Morgan fingerprint density at radius 1 is 1.47 bits per heavy atom. The first-order valence-corrected chi connectivity index (χ1v) is 6.10. The number of benzene rings is 1. The summed E-state index contributed by atoms with van der Waals surface area (Å²) in [6.07, 6.45) is 0. The van der Waals surface area contributed by atoms with Crippen molar-refractivity contribution in [3.8, 4) is 11.3 Å². The second-order valence-corrected chi connectivity index (χ2v) is 4.46. The van der Waals surface area contributed by atoms with Gasteiger partial charge in [0.1, 0.15) is 0 Å². The minimum Gasteiger partial charge on any atom is -0.322 e. The molecule has 2 aromatic rings. The van der Waals surface area contributed by atoms with Crippen molar-refractivity contribution in [2.45, 2.75) is 6.92 Å². The molecule has 0 aliphatic heterocycles. The SMILES string of the molecule is Cc1ccccc1-c1csc(NC(=O)CN)n1. The van der Waals surface area contributed by atoms with Crippen molar-refractivity contribution in [2.75, 3.05) is 11.9 Å². The van der Waals surface area contributed by atoms with E-state index < -0.39 is 0 Å². The highest BCUT2D eigenvalue weighted by Gasteiger charge is 2.08. The van der Waals surface area contributed by atoms with Crippen LogP contribution in [0.15, 0.2) is 29.6 Å². The normalized spacial score (nSPS) is 10.2. The quantitative estimate of drug-likeness (QED) is 0.871. The molecule has 4 nitrogen and oxygen atoms in total. The molecule has 3 N–H and O–H groups in total. The molecular formula is C12H13N3OS. The molecule has 0 atom stereocenters. The number of aryl methyl sites for hydroxylation is 1. The number of amides is 1. The molecule has 1 amide bonds. The molecule has 1 heterocycles. The highest BCUT2D eigenvalue weighted by molar-refractivity contribution is 7.14. The first-order chi connectivity index (χ1) is 8.20. The van der Waals surface area contributed by atoms with Crippen molar-refractivity contribution in [3.05, 3.63) is 35.2 Å². The van der Waals surface area contributed by atoms with Crippen molar-refractivity contribution < 1.29 is 4.79 Å². The maximum absolute atomic E-state index is 11.1. The van der Waals surface area contributed by atoms with Gasteiger partial charge in [-0.05, 0) is 12.5 Å². The van der Waals surface area contributed by atoms with Crippen LogP contribution in [0.2, 0.25) is 0 Å². The van der Waals surface area contributed by atoms with Gasteiger partial charge in [0.15, 0.2) is 5.13 Å². The standard InChI is InChI=1S/C12H13N3OS/c1-8-4-2-3-5-9(8)10-7-17-12(14-10)15-11(16)6-13/h2-5,7H,6,13H2,1H3,(H,14,15,16). The third-order valence-corrected chi connectivity index (χ3v) is 3.11. The van der Waals surface area contributed by atoms with E-state index in [1.807, 2.05) is 36.6 Å². The largest absolute Gasteiger partial charge is 0.322 e. The summed E-state index contributed by atoms with van der Waals surface area (Å²) in [4.78, 5) is 15.5. The van der Waals surface area contributed by atoms with Crippen LogP contribution >= 0.6 is 11.3 Å². The lowest BCUT2D eigenvalue weighted by molar-refractivity contribution is -0.114. The van der Waals surface area contributed by atoms with Crippen molar-refractivity contribution in [2.24, 2.45) is 5.73 Å². The van der Waals surface area contributed by atoms with Gasteiger partial charge in [0.25, 0.3) is 0 Å². The van der Waals surface area contributed by atoms with Crippen LogP contribution in [0.1, 0.15) is 5.56 Å². The van der Waals surface area contributed by atoms with Crippen LogP contribution in [0.25, 0.3) is 11.3 Å². The number of anilines is 1. The van der Waals surface area contributed by atoms with Crippen molar-refractivity contribution in [1.82, 2.24) is 4.98 Å². The van der Waals surface area contributed by atoms with Gasteiger partial charge in [0, 0.05) is 10.9 Å². The average Bonchev–Trinajstić information content (AvgIpc) is 2.78. The molecule has 0 unspecified atom stereocenters. The van der Waals surface area contributed by atoms with Gasteiger partial charge in [-0.3, -0.25) is 4.79 Å². The summed E-state index contributed by atoms with van der Waals surface area (Å²) in [5.41, 5.74) is 8.34. The van der Waals surface area contributed by atoms with E-state index in [9.17, 15) is 4.79 Å². The maximum Gasteiger partial charge on any atom is 0.239 e. The van der Waals surface area contributed by atoms with Crippen molar-refractivity contribution in [3.63, 3.8) is 0 Å². The van der Waals surface area contributed by atoms with E-state index in [0.717, 1.165) is 16.8 Å². The molecule has 0 aliphatic rings. The van der Waals surface area contributed by atoms with Crippen molar-refractivity contribution in [1.29, 1.82) is 0 Å². The van der Waals surface area contributed by atoms with Crippen LogP contribution in [0.3, 0.4) is 0 Å². The molecule has 0 saturated heterocycles. The Balaban J connectivity index is 2.24. The highest BCUT2D eigenvalue weighted by Crippen LogP contribution is 2.26. The molecule has 0 saturated carbocycles. The Morgan fingerprint density at radius 3 is 2.94 bits per heavy atom. The number of aromatic nitrogens is 1. The summed E-state index contributed by atoms with van der Waals surface area (Å²) in [5.74, 6) is -0.226. The summed E-state index contributed by atoms with van der Waals surface area (Å²) in [5, 5.41) is 5.15. The fourth-order valence-corrected chi connectivity index (χ4v) is 2.21. The zero-order valence-electron chi connectivity index (χ0n) is 9.43. The van der Waals surface area contributed by atoms with E-state index in [1.54, 1.807) is 0 Å². The first-order valence-electron chi connectivity index (χ1n) is 5.22. The van der Waals surface area contributed by atoms with Crippen LogP contribution in [0, 0.1) is 6.92 Å². The molecule has 0 bridgehead atoms. The van der Waals surface area contributed by atoms with E-state index in [0.29, 0.717) is 5.13 Å². The smallest absolute Gasteiger partial charge is 0.239 e. The van der Waals surface area contributed by atoms with Gasteiger partial charge < -0.3 is 11.1 Å². The summed E-state index contributed by atoms with van der Waals surface area (Å²) >= 11 is 1.40. The molecule has 1 aromatic carbocycles. The molecule has 0 radical (unpaired) electrons. The van der Waals surface area contributed by atoms with Gasteiger partial charge in [0.2, 0.25) is 5.91 Å². The zero-order valence-corrected chi connectivity index (χ0v) is 10.3. The number of hydrogen-bond donors (Lipinski definition) is 2. The lowest BCUT2D eigenvalue weighted by Gasteiger charge is -2.01. The highest BCUT2D eigenvalue weighted by atomic mass is 32.1. The molecule has 2 rings (SSSR count). The zero-order chi connectivity index (χ0) is 12.3. The molecule has 17 heavy (non-hydrogen) atoms. The van der Waals surface area contributed by atoms with Crippen LogP contribution < -0.4 is 11.1 Å². The van der Waals surface area contributed by atoms with Gasteiger partial charge in [-0.1, -0.05) is 24.3 Å². The molecular weight excluding hydrogens is 234 g/mol. The summed E-state index contributed by atoms with van der Waals surface area (Å²) < 4.78 is 0. The van der Waals surface area contributed by atoms with Gasteiger partial charge in [-0.15, -0.1) is 11.3 Å². The van der Waals surface area contributed by atoms with Crippen LogP contribution in [-0.2, 0) is 4.79 Å². The molecule has 1 aromatic heterocycles. The Kier molecular flexibility index (Phi) is 3.51. The van der Waals surface area contributed by atoms with E-state index in [4.69, 9.17) is 5.73 Å². The number of carbonyl (C=O) groups excluding carboxylic acids is 1. The van der Waals surface area contributed by atoms with Gasteiger partial charge >= 0.3 is 0 Å². The molecule has 5 heteroatoms. The summed E-state index contributed by atoms with van der Waals surface area (Å²) in [6, 6.07) is 8.01. The molecule has 0 spiro atoms. The maximum atomic E-state index is 11.1. The number of nitrogens with two attached hydrogens (primary N) is 1. The van der Waals surface area contributed by atoms with Gasteiger partial charge in [-0.25, -0.2) is 4.98 Å². The van der Waals surface area contributed by atoms with Crippen molar-refractivity contribution >= 4 is 22.4 Å². The van der Waals surface area contributed by atoms with Crippen LogP contribution in [-0.4, -0.2) is 17.4 Å². The number of hydrogen-bond acceptors (Lipinski definition) is 4. The minimum absolute atomic E-state index is 0.0285. The first kappa shape index (κ1) is 11.8. The average molecular weight is 247 g/mol. The second kappa shape index (κ2) is 5.07. The minimum atomic E-state index is -0.226. The van der Waals surface area contributed by atoms with E-state index in [-0.39, 0.29) is 12.5 Å². The monoisotopic (exact) mass is 247 g/mol. The third kappa shape index (κ3) is 2.69. The van der Waals surface area contributed by atoms with E-state index >= 15 is 0 Å². The van der Waals surface area contributed by atoms with E-state index in [2.05, 4.69) is 10.3 Å². The van der Waals surface area contributed by atoms with Gasteiger partial charge in [-0.2, -0.15) is 0 Å². The second-order valence-electron chi connectivity index (χ2n) is 3.61. The number of rotatable bonds is 3. The number of thiazole rings is 1. The topological polar surface area (TPSA) is 68.0 Å². The lowest BCUT2D eigenvalue weighted by Crippen LogP contribution is -2.21. The Bertz CT molecular complexity index is 536. The predicted octanol–water partition coefficient (Wildman–Crippen LogP) is 2.02. The summed E-state index contributed by atoms with van der Waals surface area (Å²) in [6.45, 7) is 2.01. The summed E-state index contributed by atoms with van der Waals surface area (Å²) in [7, 11) is 0. The third-order valence-electron chi connectivity index (χ3n) is 2.36. The molecule has 88 valence electrons. The number of nitrogens with one attached hydrogen (secondary N) is 1. The van der Waals surface area contributed by atoms with Gasteiger partial charge in [0.05, 0.1) is 12.2 Å². The van der Waals surface area contributed by atoms with Crippen LogP contribution in [0.4, 0.5) is 5.13 Å². The fraction of sp³-hybridized carbons (Fsp3) is 0.167. The Labute approximate surface area is 103 Å². The van der Waals surface area contributed by atoms with E-state index in [1.165, 1.54) is 11.3 Å². The molecule has 0 aliphatic carbocycles. The Morgan fingerprint density at radius 2 is 2.24 bits per heavy atom. The van der Waals surface area contributed by atoms with Crippen LogP contribution in [0.5, 0.6) is 0 Å². The predicted molar refractivity (Wildman–Crippen MR) is 70.0 cm³/mol. The Hall–Kier alpha value is -1.72.